The van der Waals surface area contributed by atoms with Crippen molar-refractivity contribution < 1.29 is 9.53 Å². The monoisotopic (exact) mass is 217 g/mol. The smallest absolute Gasteiger partial charge is 0.317 e. The molecule has 0 unspecified atom stereocenters. The highest BCUT2D eigenvalue weighted by atomic mass is 16.5. The molecule has 1 aromatic rings. The Labute approximate surface area is 95.6 Å². The van der Waals surface area contributed by atoms with Gasteiger partial charge in [0.05, 0.1) is 7.11 Å². The van der Waals surface area contributed by atoms with Crippen molar-refractivity contribution in [2.24, 2.45) is 0 Å². The maximum atomic E-state index is 10.9. The molecule has 1 rings (SSSR count). The summed E-state index contributed by atoms with van der Waals surface area (Å²) in [6.45, 7) is 3.92. The lowest BCUT2D eigenvalue weighted by atomic mass is 10.0. The van der Waals surface area contributed by atoms with E-state index in [4.69, 9.17) is 5.73 Å². The summed E-state index contributed by atoms with van der Waals surface area (Å²) in [5.41, 5.74) is 9.51. The summed E-state index contributed by atoms with van der Waals surface area (Å²) < 4.78 is 4.50. The third kappa shape index (κ3) is 2.77. The van der Waals surface area contributed by atoms with Crippen LogP contribution in [0, 0.1) is 25.7 Å². The first-order valence-electron chi connectivity index (χ1n) is 4.97. The van der Waals surface area contributed by atoms with Crippen LogP contribution in [0.3, 0.4) is 0 Å². The molecule has 0 saturated heterocycles. The van der Waals surface area contributed by atoms with Gasteiger partial charge in [0.25, 0.3) is 0 Å². The van der Waals surface area contributed by atoms with E-state index in [1.165, 1.54) is 7.11 Å². The van der Waals surface area contributed by atoms with Gasteiger partial charge in [-0.2, -0.15) is 0 Å². The zero-order valence-electron chi connectivity index (χ0n) is 9.76. The van der Waals surface area contributed by atoms with Gasteiger partial charge in [0.15, 0.2) is 0 Å². The van der Waals surface area contributed by atoms with Crippen LogP contribution < -0.4 is 5.73 Å². The molecule has 0 heterocycles. The number of ether oxygens (including phenoxy) is 1. The number of anilines is 1. The van der Waals surface area contributed by atoms with E-state index in [-0.39, 0.29) is 12.4 Å². The number of rotatable bonds is 1. The van der Waals surface area contributed by atoms with E-state index in [2.05, 4.69) is 16.6 Å². The first kappa shape index (κ1) is 12.1. The highest BCUT2D eigenvalue weighted by Crippen LogP contribution is 2.18. The van der Waals surface area contributed by atoms with Gasteiger partial charge in [-0.3, -0.25) is 4.79 Å². The highest BCUT2D eigenvalue weighted by Gasteiger charge is 2.01. The fraction of sp³-hybridized carbons (Fsp3) is 0.308. The Morgan fingerprint density at radius 2 is 2.06 bits per heavy atom. The van der Waals surface area contributed by atoms with E-state index in [0.717, 1.165) is 22.4 Å². The molecule has 0 aromatic heterocycles. The van der Waals surface area contributed by atoms with Gasteiger partial charge < -0.3 is 10.5 Å². The van der Waals surface area contributed by atoms with Crippen molar-refractivity contribution in [2.45, 2.75) is 20.3 Å². The molecule has 0 radical (unpaired) electrons. The number of hydrogen-bond acceptors (Lipinski definition) is 3. The van der Waals surface area contributed by atoms with Gasteiger partial charge in [-0.25, -0.2) is 0 Å². The minimum atomic E-state index is -0.322. The van der Waals surface area contributed by atoms with E-state index < -0.39 is 0 Å². The maximum Gasteiger partial charge on any atom is 0.317 e. The summed E-state index contributed by atoms with van der Waals surface area (Å²) in [6, 6.07) is 3.69. The predicted molar refractivity (Wildman–Crippen MR) is 63.8 cm³/mol. The predicted octanol–water partition coefficient (Wildman–Crippen LogP) is 1.80. The van der Waals surface area contributed by atoms with Gasteiger partial charge in [0, 0.05) is 11.3 Å². The van der Waals surface area contributed by atoms with Crippen molar-refractivity contribution in [3.63, 3.8) is 0 Å². The minimum Gasteiger partial charge on any atom is -0.468 e. The van der Waals surface area contributed by atoms with E-state index in [0.29, 0.717) is 0 Å². The van der Waals surface area contributed by atoms with Crippen LogP contribution in [-0.4, -0.2) is 13.1 Å². The first-order valence-corrected chi connectivity index (χ1v) is 4.97. The molecule has 0 amide bonds. The average molecular weight is 217 g/mol. The summed E-state index contributed by atoms with van der Waals surface area (Å²) in [4.78, 5) is 10.9. The Balaban J connectivity index is 2.90. The molecule has 0 aliphatic rings. The lowest BCUT2D eigenvalue weighted by molar-refractivity contribution is -0.139. The van der Waals surface area contributed by atoms with Crippen molar-refractivity contribution >= 4 is 11.7 Å². The SMILES string of the molecule is COC(=O)CC#Cc1ccc(N)c(C)c1C. The average Bonchev–Trinajstić information content (AvgIpc) is 2.29. The maximum absolute atomic E-state index is 10.9. The fourth-order valence-electron chi connectivity index (χ4n) is 1.26. The van der Waals surface area contributed by atoms with Gasteiger partial charge in [-0.15, -0.1) is 0 Å². The zero-order chi connectivity index (χ0) is 12.1. The van der Waals surface area contributed by atoms with Gasteiger partial charge in [-0.1, -0.05) is 11.8 Å². The number of benzene rings is 1. The molecule has 0 fully saturated rings. The number of nitrogen functional groups attached to an aromatic ring is 1. The minimum absolute atomic E-state index is 0.110. The quantitative estimate of drug-likeness (QED) is 0.443. The third-order valence-electron chi connectivity index (χ3n) is 2.51. The second-order valence-corrected chi connectivity index (χ2v) is 3.51. The molecular formula is C13H15NO2. The lowest BCUT2D eigenvalue weighted by Gasteiger charge is -2.05. The van der Waals surface area contributed by atoms with Gasteiger partial charge >= 0.3 is 5.97 Å². The van der Waals surface area contributed by atoms with E-state index in [9.17, 15) is 4.79 Å². The van der Waals surface area contributed by atoms with Crippen LogP contribution in [0.2, 0.25) is 0 Å². The van der Waals surface area contributed by atoms with Crippen molar-refractivity contribution in [3.8, 4) is 11.8 Å². The first-order chi connectivity index (χ1) is 7.56. The lowest BCUT2D eigenvalue weighted by Crippen LogP contribution is -1.97. The topological polar surface area (TPSA) is 52.3 Å². The molecule has 0 saturated carbocycles. The van der Waals surface area contributed by atoms with Crippen molar-refractivity contribution in [2.75, 3.05) is 12.8 Å². The van der Waals surface area contributed by atoms with Gasteiger partial charge in [0.1, 0.15) is 6.42 Å². The number of esters is 1. The van der Waals surface area contributed by atoms with E-state index >= 15 is 0 Å². The molecule has 1 aromatic carbocycles. The Bertz CT molecular complexity index is 467. The largest absolute Gasteiger partial charge is 0.468 e. The number of methoxy groups -OCH3 is 1. The molecule has 3 heteroatoms. The number of carbonyl (C=O) groups is 1. The molecule has 0 bridgehead atoms. The van der Waals surface area contributed by atoms with Crippen LogP contribution in [0.4, 0.5) is 5.69 Å². The van der Waals surface area contributed by atoms with Crippen LogP contribution in [-0.2, 0) is 9.53 Å². The van der Waals surface area contributed by atoms with Gasteiger partial charge in [-0.05, 0) is 37.1 Å². The van der Waals surface area contributed by atoms with Crippen molar-refractivity contribution in [1.82, 2.24) is 0 Å². The molecule has 3 nitrogen and oxygen atoms in total. The molecule has 0 aliphatic heterocycles. The number of hydrogen-bond donors (Lipinski definition) is 1. The fourth-order valence-corrected chi connectivity index (χ4v) is 1.26. The van der Waals surface area contributed by atoms with Crippen LogP contribution in [0.15, 0.2) is 12.1 Å². The van der Waals surface area contributed by atoms with Crippen LogP contribution in [0.5, 0.6) is 0 Å². The van der Waals surface area contributed by atoms with E-state index in [1.807, 2.05) is 26.0 Å². The van der Waals surface area contributed by atoms with Crippen LogP contribution in [0.1, 0.15) is 23.1 Å². The second-order valence-electron chi connectivity index (χ2n) is 3.51. The molecule has 84 valence electrons. The Morgan fingerprint density at radius 3 is 2.69 bits per heavy atom. The molecule has 0 aliphatic carbocycles. The normalized spacial score (nSPS) is 9.19. The summed E-state index contributed by atoms with van der Waals surface area (Å²) in [5, 5.41) is 0. The van der Waals surface area contributed by atoms with Crippen molar-refractivity contribution in [1.29, 1.82) is 0 Å². The third-order valence-corrected chi connectivity index (χ3v) is 2.51. The van der Waals surface area contributed by atoms with Crippen molar-refractivity contribution in [3.05, 3.63) is 28.8 Å². The molecule has 0 atom stereocenters. The second kappa shape index (κ2) is 5.22. The Morgan fingerprint density at radius 1 is 1.38 bits per heavy atom. The number of nitrogens with two attached hydrogens (primary N) is 1. The van der Waals surface area contributed by atoms with E-state index in [1.54, 1.807) is 0 Å². The summed E-state index contributed by atoms with van der Waals surface area (Å²) in [5.74, 6) is 5.39. The number of carbonyl (C=O) groups excluding carboxylic acids is 1. The van der Waals surface area contributed by atoms with Crippen LogP contribution in [0.25, 0.3) is 0 Å². The standard InChI is InChI=1S/C13H15NO2/c1-9-10(2)12(14)8-7-11(9)5-4-6-13(15)16-3/h7-8H,6,14H2,1-3H3. The van der Waals surface area contributed by atoms with Crippen LogP contribution >= 0.6 is 0 Å². The molecular weight excluding hydrogens is 202 g/mol. The Kier molecular flexibility index (Phi) is 3.96. The summed E-state index contributed by atoms with van der Waals surface area (Å²) in [6.07, 6.45) is 0.110. The molecule has 2 N–H and O–H groups in total. The van der Waals surface area contributed by atoms with Gasteiger partial charge in [0.2, 0.25) is 0 Å². The molecule has 16 heavy (non-hydrogen) atoms. The zero-order valence-corrected chi connectivity index (χ0v) is 9.76. The molecule has 0 spiro atoms. The summed E-state index contributed by atoms with van der Waals surface area (Å²) >= 11 is 0. The highest BCUT2D eigenvalue weighted by molar-refractivity contribution is 5.72. The summed E-state index contributed by atoms with van der Waals surface area (Å²) in [7, 11) is 1.35. The Hall–Kier alpha value is -1.95.